The quantitative estimate of drug-likeness (QED) is 0.706. The second-order valence-corrected chi connectivity index (χ2v) is 6.30. The Morgan fingerprint density at radius 1 is 1.00 bits per heavy atom. The standard InChI is InChI=1S/C20H26N2O2.ClH/c1-14(13-18(23)16-9-5-3-6-10-16)22-20(24)15(2)19(21)17-11-7-4-8-12-17;/h3-12,14-15,18-19,23H,13,21H2,1-2H3,(H,22,24);1H. The van der Waals surface area contributed by atoms with Crippen LogP contribution >= 0.6 is 12.4 Å². The Morgan fingerprint density at radius 2 is 1.48 bits per heavy atom. The molecule has 0 spiro atoms. The van der Waals surface area contributed by atoms with Crippen LogP contribution in [-0.2, 0) is 4.79 Å². The lowest BCUT2D eigenvalue weighted by Crippen LogP contribution is -2.40. The van der Waals surface area contributed by atoms with Crippen LogP contribution in [0, 0.1) is 5.92 Å². The van der Waals surface area contributed by atoms with Crippen molar-refractivity contribution >= 4 is 18.3 Å². The molecule has 25 heavy (non-hydrogen) atoms. The van der Waals surface area contributed by atoms with E-state index in [0.29, 0.717) is 6.42 Å². The zero-order valence-corrected chi connectivity index (χ0v) is 15.4. The van der Waals surface area contributed by atoms with Gasteiger partial charge in [0.05, 0.1) is 12.0 Å². The number of carbonyl (C=O) groups excluding carboxylic acids is 1. The van der Waals surface area contributed by atoms with Gasteiger partial charge < -0.3 is 16.2 Å². The van der Waals surface area contributed by atoms with Crippen molar-refractivity contribution in [3.63, 3.8) is 0 Å². The van der Waals surface area contributed by atoms with Crippen LogP contribution in [0.4, 0.5) is 0 Å². The van der Waals surface area contributed by atoms with Crippen LogP contribution in [0.5, 0.6) is 0 Å². The number of hydrogen-bond donors (Lipinski definition) is 3. The largest absolute Gasteiger partial charge is 0.388 e. The Bertz CT molecular complexity index is 637. The van der Waals surface area contributed by atoms with Crippen LogP contribution in [0.25, 0.3) is 0 Å². The molecule has 4 N–H and O–H groups in total. The first-order valence-corrected chi connectivity index (χ1v) is 8.33. The molecule has 0 aliphatic heterocycles. The first kappa shape index (κ1) is 21.2. The van der Waals surface area contributed by atoms with Crippen molar-refractivity contribution in [2.24, 2.45) is 11.7 Å². The molecule has 0 fully saturated rings. The third-order valence-corrected chi connectivity index (χ3v) is 4.29. The van der Waals surface area contributed by atoms with Crippen molar-refractivity contribution < 1.29 is 9.90 Å². The number of aliphatic hydroxyl groups excluding tert-OH is 1. The predicted octanol–water partition coefficient (Wildman–Crippen LogP) is 3.37. The van der Waals surface area contributed by atoms with E-state index in [1.165, 1.54) is 0 Å². The van der Waals surface area contributed by atoms with Gasteiger partial charge in [-0.05, 0) is 24.5 Å². The van der Waals surface area contributed by atoms with Crippen LogP contribution in [0.2, 0.25) is 0 Å². The molecular weight excluding hydrogens is 336 g/mol. The molecule has 2 aromatic rings. The lowest BCUT2D eigenvalue weighted by molar-refractivity contribution is -0.125. The summed E-state index contributed by atoms with van der Waals surface area (Å²) in [6, 6.07) is 18.6. The van der Waals surface area contributed by atoms with Gasteiger partial charge in [-0.3, -0.25) is 4.79 Å². The molecule has 0 bridgehead atoms. The normalized spacial score (nSPS) is 15.4. The molecule has 1 amide bonds. The van der Waals surface area contributed by atoms with Gasteiger partial charge in [0.1, 0.15) is 0 Å². The summed E-state index contributed by atoms with van der Waals surface area (Å²) in [5.41, 5.74) is 7.99. The fourth-order valence-corrected chi connectivity index (χ4v) is 2.71. The number of rotatable bonds is 7. The van der Waals surface area contributed by atoms with E-state index in [1.54, 1.807) is 0 Å². The summed E-state index contributed by atoms with van der Waals surface area (Å²) in [4.78, 5) is 12.4. The minimum atomic E-state index is -0.598. The Balaban J connectivity index is 0.00000312. The van der Waals surface area contributed by atoms with Gasteiger partial charge in [0.15, 0.2) is 0 Å². The molecular formula is C20H27ClN2O2. The molecule has 2 aromatic carbocycles. The highest BCUT2D eigenvalue weighted by atomic mass is 35.5. The highest BCUT2D eigenvalue weighted by Gasteiger charge is 2.24. The monoisotopic (exact) mass is 362 g/mol. The van der Waals surface area contributed by atoms with Gasteiger partial charge in [-0.25, -0.2) is 0 Å². The van der Waals surface area contributed by atoms with Crippen LogP contribution in [0.3, 0.4) is 0 Å². The fourth-order valence-electron chi connectivity index (χ4n) is 2.71. The number of benzene rings is 2. The highest BCUT2D eigenvalue weighted by Crippen LogP contribution is 2.21. The molecule has 5 heteroatoms. The van der Waals surface area contributed by atoms with Gasteiger partial charge >= 0.3 is 0 Å². The minimum absolute atomic E-state index is 0. The van der Waals surface area contributed by atoms with Gasteiger partial charge in [0.2, 0.25) is 5.91 Å². The van der Waals surface area contributed by atoms with Gasteiger partial charge in [-0.2, -0.15) is 0 Å². The number of amides is 1. The first-order valence-electron chi connectivity index (χ1n) is 8.33. The zero-order chi connectivity index (χ0) is 17.5. The van der Waals surface area contributed by atoms with Gasteiger partial charge in [-0.1, -0.05) is 67.6 Å². The lowest BCUT2D eigenvalue weighted by atomic mass is 9.94. The fraction of sp³-hybridized carbons (Fsp3) is 0.350. The summed E-state index contributed by atoms with van der Waals surface area (Å²) in [5.74, 6) is -0.442. The smallest absolute Gasteiger partial charge is 0.224 e. The zero-order valence-electron chi connectivity index (χ0n) is 14.6. The number of halogens is 1. The van der Waals surface area contributed by atoms with Crippen molar-refractivity contribution in [2.75, 3.05) is 0 Å². The topological polar surface area (TPSA) is 75.3 Å². The van der Waals surface area contributed by atoms with Crippen molar-refractivity contribution in [1.29, 1.82) is 0 Å². The minimum Gasteiger partial charge on any atom is -0.388 e. The highest BCUT2D eigenvalue weighted by molar-refractivity contribution is 5.85. The van der Waals surface area contributed by atoms with E-state index in [-0.39, 0.29) is 36.3 Å². The number of hydrogen-bond acceptors (Lipinski definition) is 3. The van der Waals surface area contributed by atoms with E-state index in [1.807, 2.05) is 74.5 Å². The SMILES string of the molecule is CC(CC(O)c1ccccc1)NC(=O)C(C)C(N)c1ccccc1.Cl. The van der Waals surface area contributed by atoms with E-state index in [9.17, 15) is 9.90 Å². The molecule has 0 aromatic heterocycles. The molecule has 0 aliphatic carbocycles. The first-order chi connectivity index (χ1) is 11.5. The Morgan fingerprint density at radius 3 is 2.00 bits per heavy atom. The molecule has 2 rings (SSSR count). The summed E-state index contributed by atoms with van der Waals surface area (Å²) in [7, 11) is 0. The molecule has 4 unspecified atom stereocenters. The number of nitrogens with two attached hydrogens (primary N) is 1. The van der Waals surface area contributed by atoms with E-state index >= 15 is 0 Å². The second-order valence-electron chi connectivity index (χ2n) is 6.30. The van der Waals surface area contributed by atoms with E-state index < -0.39 is 6.10 Å². The number of nitrogens with one attached hydrogen (secondary N) is 1. The second kappa shape index (κ2) is 10.2. The molecule has 0 saturated carbocycles. The van der Waals surface area contributed by atoms with Crippen molar-refractivity contribution in [3.05, 3.63) is 71.8 Å². The number of aliphatic hydroxyl groups is 1. The van der Waals surface area contributed by atoms with Gasteiger partial charge in [0.25, 0.3) is 0 Å². The Hall–Kier alpha value is -1.88. The molecule has 136 valence electrons. The van der Waals surface area contributed by atoms with E-state index in [0.717, 1.165) is 11.1 Å². The summed E-state index contributed by atoms with van der Waals surface area (Å²) >= 11 is 0. The summed E-state index contributed by atoms with van der Waals surface area (Å²) < 4.78 is 0. The van der Waals surface area contributed by atoms with Crippen molar-refractivity contribution in [3.8, 4) is 0 Å². The molecule has 4 atom stereocenters. The third kappa shape index (κ3) is 6.16. The average Bonchev–Trinajstić information content (AvgIpc) is 2.61. The predicted molar refractivity (Wildman–Crippen MR) is 103 cm³/mol. The number of carbonyl (C=O) groups is 1. The van der Waals surface area contributed by atoms with E-state index in [4.69, 9.17) is 5.73 Å². The lowest BCUT2D eigenvalue weighted by Gasteiger charge is -2.23. The van der Waals surface area contributed by atoms with Crippen LogP contribution < -0.4 is 11.1 Å². The molecule has 0 aliphatic rings. The summed E-state index contributed by atoms with van der Waals surface area (Å²) in [5, 5.41) is 13.2. The molecule has 0 radical (unpaired) electrons. The maximum Gasteiger partial charge on any atom is 0.224 e. The van der Waals surface area contributed by atoms with Crippen molar-refractivity contribution in [1.82, 2.24) is 5.32 Å². The van der Waals surface area contributed by atoms with E-state index in [2.05, 4.69) is 5.32 Å². The maximum atomic E-state index is 12.4. The Kier molecular flexibility index (Phi) is 8.62. The molecule has 0 heterocycles. The van der Waals surface area contributed by atoms with Crippen LogP contribution in [-0.4, -0.2) is 17.1 Å². The van der Waals surface area contributed by atoms with Crippen LogP contribution in [0.15, 0.2) is 60.7 Å². The Labute approximate surface area is 155 Å². The van der Waals surface area contributed by atoms with Gasteiger partial charge in [0, 0.05) is 12.1 Å². The summed E-state index contributed by atoms with van der Waals surface area (Å²) in [6.07, 6.45) is -0.136. The maximum absolute atomic E-state index is 12.4. The van der Waals surface area contributed by atoms with Crippen molar-refractivity contribution in [2.45, 2.75) is 38.5 Å². The summed E-state index contributed by atoms with van der Waals surface area (Å²) in [6.45, 7) is 3.72. The van der Waals surface area contributed by atoms with Crippen LogP contribution in [0.1, 0.15) is 43.5 Å². The third-order valence-electron chi connectivity index (χ3n) is 4.29. The average molecular weight is 363 g/mol. The molecule has 4 nitrogen and oxygen atoms in total. The molecule has 0 saturated heterocycles. The van der Waals surface area contributed by atoms with Gasteiger partial charge in [-0.15, -0.1) is 12.4 Å².